The molecule has 0 saturated heterocycles. The molecule has 0 aliphatic rings. The van der Waals surface area contributed by atoms with Gasteiger partial charge in [-0.3, -0.25) is 9.59 Å². The number of esters is 1. The van der Waals surface area contributed by atoms with Gasteiger partial charge in [0.25, 0.3) is 11.7 Å². The van der Waals surface area contributed by atoms with E-state index in [0.717, 1.165) is 5.56 Å². The highest BCUT2D eigenvalue weighted by Gasteiger charge is 2.27. The van der Waals surface area contributed by atoms with Gasteiger partial charge in [0.15, 0.2) is 6.61 Å². The normalized spacial score (nSPS) is 10.7. The molecule has 1 heterocycles. The minimum Gasteiger partial charge on any atom is -0.481 e. The Morgan fingerprint density at radius 3 is 2.41 bits per heavy atom. The Kier molecular flexibility index (Phi) is 6.03. The molecule has 29 heavy (non-hydrogen) atoms. The van der Waals surface area contributed by atoms with Gasteiger partial charge in [-0.05, 0) is 40.5 Å². The summed E-state index contributed by atoms with van der Waals surface area (Å²) in [6, 6.07) is 13.1. The van der Waals surface area contributed by atoms with Crippen LogP contribution in [0.4, 0.5) is 0 Å². The summed E-state index contributed by atoms with van der Waals surface area (Å²) in [6.07, 6.45) is 0. The number of rotatable bonds is 7. The molecule has 1 aromatic heterocycles. The molecule has 150 valence electrons. The lowest BCUT2D eigenvalue weighted by Gasteiger charge is -2.11. The highest BCUT2D eigenvalue weighted by atomic mass is 79.9. The van der Waals surface area contributed by atoms with Gasteiger partial charge in [-0.25, -0.2) is 4.79 Å². The van der Waals surface area contributed by atoms with Crippen LogP contribution in [-0.4, -0.2) is 35.9 Å². The van der Waals surface area contributed by atoms with Crippen LogP contribution < -0.4 is 10.5 Å². The molecular weight excluding hydrogens is 440 g/mol. The maximum atomic E-state index is 12.7. The molecule has 0 fully saturated rings. The molecule has 3 aromatic rings. The van der Waals surface area contributed by atoms with E-state index in [1.165, 1.54) is 7.11 Å². The summed E-state index contributed by atoms with van der Waals surface area (Å²) in [4.78, 5) is 35.9. The van der Waals surface area contributed by atoms with E-state index < -0.39 is 17.7 Å². The molecule has 1 amide bonds. The molecule has 2 aromatic carbocycles. The third-order valence-electron chi connectivity index (χ3n) is 4.58. The molecule has 0 aliphatic carbocycles. The lowest BCUT2D eigenvalue weighted by Crippen LogP contribution is -2.24. The molecule has 7 nitrogen and oxygen atoms in total. The van der Waals surface area contributed by atoms with Crippen LogP contribution >= 0.6 is 15.9 Å². The number of primary amides is 1. The van der Waals surface area contributed by atoms with Crippen molar-refractivity contribution in [3.05, 3.63) is 63.8 Å². The second kappa shape index (κ2) is 8.48. The Hall–Kier alpha value is -3.13. The number of nitrogens with two attached hydrogens (primary N) is 1. The fraction of sp³-hybridized carbons (Fsp3) is 0.190. The fourth-order valence-electron chi connectivity index (χ4n) is 3.22. The summed E-state index contributed by atoms with van der Waals surface area (Å²) in [7, 11) is 1.26. The molecular formula is C21H19BrN2O5. The molecule has 8 heteroatoms. The molecule has 3 rings (SSSR count). The van der Waals surface area contributed by atoms with E-state index in [9.17, 15) is 14.4 Å². The number of benzene rings is 2. The number of ether oxygens (including phenoxy) is 2. The van der Waals surface area contributed by atoms with Crippen molar-refractivity contribution in [2.75, 3.05) is 13.7 Å². The first-order chi connectivity index (χ1) is 13.8. The second-order valence-electron chi connectivity index (χ2n) is 6.36. The van der Waals surface area contributed by atoms with Crippen LogP contribution in [0.2, 0.25) is 0 Å². The van der Waals surface area contributed by atoms with E-state index in [1.54, 1.807) is 19.1 Å². The average Bonchev–Trinajstić information content (AvgIpc) is 3.00. The van der Waals surface area contributed by atoms with Crippen LogP contribution in [0, 0.1) is 6.92 Å². The van der Waals surface area contributed by atoms with Crippen LogP contribution in [0.3, 0.4) is 0 Å². The first kappa shape index (κ1) is 20.6. The Morgan fingerprint density at radius 2 is 1.79 bits per heavy atom. The number of halogens is 1. The van der Waals surface area contributed by atoms with E-state index >= 15 is 0 Å². The van der Waals surface area contributed by atoms with Crippen LogP contribution in [0.5, 0.6) is 5.75 Å². The molecule has 0 atom stereocenters. The number of nitrogens with zero attached hydrogens (tertiary/aromatic N) is 1. The van der Waals surface area contributed by atoms with Crippen molar-refractivity contribution in [1.82, 2.24) is 4.57 Å². The lowest BCUT2D eigenvalue weighted by molar-refractivity contribution is -0.142. The summed E-state index contributed by atoms with van der Waals surface area (Å²) >= 11 is 3.53. The largest absolute Gasteiger partial charge is 0.481 e. The maximum Gasteiger partial charge on any atom is 0.343 e. The fourth-order valence-corrected chi connectivity index (χ4v) is 3.76. The van der Waals surface area contributed by atoms with Crippen LogP contribution in [0.15, 0.2) is 46.9 Å². The van der Waals surface area contributed by atoms with E-state index in [-0.39, 0.29) is 17.9 Å². The van der Waals surface area contributed by atoms with Gasteiger partial charge in [-0.15, -0.1) is 0 Å². The van der Waals surface area contributed by atoms with Crippen molar-refractivity contribution in [2.45, 2.75) is 13.5 Å². The third-order valence-corrected chi connectivity index (χ3v) is 5.22. The van der Waals surface area contributed by atoms with Gasteiger partial charge in [0.1, 0.15) is 5.75 Å². The number of ketones is 1. The minimum atomic E-state index is -1.06. The van der Waals surface area contributed by atoms with Crippen molar-refractivity contribution in [2.24, 2.45) is 5.73 Å². The van der Waals surface area contributed by atoms with Crippen LogP contribution in [-0.2, 0) is 20.9 Å². The van der Waals surface area contributed by atoms with Crippen molar-refractivity contribution in [3.63, 3.8) is 0 Å². The number of Topliss-reactive ketones (excluding diaryl/α,β-unsaturated/α-hetero) is 1. The maximum absolute atomic E-state index is 12.7. The number of amides is 1. The predicted octanol–water partition coefficient (Wildman–Crippen LogP) is 2.98. The molecule has 0 bridgehead atoms. The molecule has 0 spiro atoms. The van der Waals surface area contributed by atoms with E-state index in [0.29, 0.717) is 27.6 Å². The van der Waals surface area contributed by atoms with Crippen molar-refractivity contribution >= 4 is 44.5 Å². The highest BCUT2D eigenvalue weighted by Crippen LogP contribution is 2.38. The number of fused-ring (bicyclic) bond motifs is 1. The predicted molar refractivity (Wildman–Crippen MR) is 111 cm³/mol. The Labute approximate surface area is 175 Å². The summed E-state index contributed by atoms with van der Waals surface area (Å²) in [5, 5.41) is 0.417. The number of carbonyl (C=O) groups is 3. The Morgan fingerprint density at radius 1 is 1.10 bits per heavy atom. The van der Waals surface area contributed by atoms with Gasteiger partial charge in [0.05, 0.1) is 23.6 Å². The van der Waals surface area contributed by atoms with Gasteiger partial charge in [-0.1, -0.05) is 30.3 Å². The number of hydrogen-bond acceptors (Lipinski definition) is 5. The quantitative estimate of drug-likeness (QED) is 0.333. The monoisotopic (exact) mass is 458 g/mol. The smallest absolute Gasteiger partial charge is 0.343 e. The molecule has 2 N–H and O–H groups in total. The molecule has 0 saturated carbocycles. The SMILES string of the molecule is COC(=O)COc1ccc(Br)c2c1c(C(=O)C(N)=O)c(C)n2Cc1ccccc1. The topological polar surface area (TPSA) is 101 Å². The van der Waals surface area contributed by atoms with E-state index in [1.807, 2.05) is 34.9 Å². The number of hydrogen-bond donors (Lipinski definition) is 1. The number of aromatic nitrogens is 1. The van der Waals surface area contributed by atoms with Gasteiger partial charge in [0.2, 0.25) is 0 Å². The van der Waals surface area contributed by atoms with Crippen molar-refractivity contribution in [3.8, 4) is 5.75 Å². The zero-order valence-corrected chi connectivity index (χ0v) is 17.5. The highest BCUT2D eigenvalue weighted by molar-refractivity contribution is 9.10. The first-order valence-corrected chi connectivity index (χ1v) is 9.53. The molecule has 0 unspecified atom stereocenters. The molecule has 0 radical (unpaired) electrons. The van der Waals surface area contributed by atoms with Crippen LogP contribution in [0.25, 0.3) is 10.9 Å². The van der Waals surface area contributed by atoms with Gasteiger partial charge < -0.3 is 19.8 Å². The summed E-state index contributed by atoms with van der Waals surface area (Å²) in [6.45, 7) is 1.88. The zero-order valence-electron chi connectivity index (χ0n) is 15.9. The third kappa shape index (κ3) is 4.02. The average molecular weight is 459 g/mol. The Balaban J connectivity index is 2.26. The number of carbonyl (C=O) groups excluding carboxylic acids is 3. The van der Waals surface area contributed by atoms with Gasteiger partial charge >= 0.3 is 5.97 Å². The lowest BCUT2D eigenvalue weighted by atomic mass is 10.1. The van der Waals surface area contributed by atoms with Crippen molar-refractivity contribution in [1.29, 1.82) is 0 Å². The van der Waals surface area contributed by atoms with Crippen LogP contribution in [0.1, 0.15) is 21.6 Å². The minimum absolute atomic E-state index is 0.157. The Bertz CT molecular complexity index is 1110. The van der Waals surface area contributed by atoms with E-state index in [4.69, 9.17) is 10.5 Å². The number of methoxy groups -OCH3 is 1. The second-order valence-corrected chi connectivity index (χ2v) is 7.21. The van der Waals surface area contributed by atoms with Crippen molar-refractivity contribution < 1.29 is 23.9 Å². The van der Waals surface area contributed by atoms with Gasteiger partial charge in [0, 0.05) is 16.7 Å². The molecule has 0 aliphatic heterocycles. The van der Waals surface area contributed by atoms with E-state index in [2.05, 4.69) is 20.7 Å². The van der Waals surface area contributed by atoms with Gasteiger partial charge in [-0.2, -0.15) is 0 Å². The zero-order chi connectivity index (χ0) is 21.1. The standard InChI is InChI=1S/C21H19BrN2O5/c1-12-17(20(26)21(23)27)18-15(29-11-16(25)28-2)9-8-14(22)19(18)24(12)10-13-6-4-3-5-7-13/h3-9H,10-11H2,1-2H3,(H2,23,27). The summed E-state index contributed by atoms with van der Waals surface area (Å²) in [5.74, 6) is -2.16. The summed E-state index contributed by atoms with van der Waals surface area (Å²) in [5.41, 5.74) is 7.70. The summed E-state index contributed by atoms with van der Waals surface area (Å²) < 4.78 is 12.8. The first-order valence-electron chi connectivity index (χ1n) is 8.74.